The van der Waals surface area contributed by atoms with Gasteiger partial charge in [-0.1, -0.05) is 49.3 Å². The summed E-state index contributed by atoms with van der Waals surface area (Å²) in [5, 5.41) is 0. The maximum atomic E-state index is 5.14. The van der Waals surface area contributed by atoms with E-state index >= 15 is 0 Å². The van der Waals surface area contributed by atoms with Crippen LogP contribution in [-0.4, -0.2) is 0 Å². The molecule has 2 radical (unpaired) electrons. The van der Waals surface area contributed by atoms with Gasteiger partial charge in [-0.15, -0.1) is 5.73 Å². The van der Waals surface area contributed by atoms with Gasteiger partial charge in [0, 0.05) is 1.43 Å². The van der Waals surface area contributed by atoms with Crippen LogP contribution in [0.2, 0.25) is 0 Å². The summed E-state index contributed by atoms with van der Waals surface area (Å²) in [5.74, 6) is 0. The molecule has 17 heavy (non-hydrogen) atoms. The Labute approximate surface area is 109 Å². The van der Waals surface area contributed by atoms with Crippen molar-refractivity contribution in [1.29, 1.82) is 0 Å². The van der Waals surface area contributed by atoms with Crippen LogP contribution in [-0.2, 0) is 0 Å². The summed E-state index contributed by atoms with van der Waals surface area (Å²) < 4.78 is 0. The van der Waals surface area contributed by atoms with Crippen molar-refractivity contribution >= 4 is 0 Å². The molecule has 0 atom stereocenters. The molecule has 0 N–H and O–H groups in total. The molecule has 0 heterocycles. The molecule has 0 amide bonds. The Bertz CT molecular complexity index is 278. The van der Waals surface area contributed by atoms with Crippen LogP contribution in [0.3, 0.4) is 0 Å². The van der Waals surface area contributed by atoms with Gasteiger partial charge < -0.3 is 0 Å². The highest BCUT2D eigenvalue weighted by Crippen LogP contribution is 2.06. The summed E-state index contributed by atoms with van der Waals surface area (Å²) in [4.78, 5) is 0. The number of rotatable bonds is 10. The molecule has 0 aliphatic heterocycles. The summed E-state index contributed by atoms with van der Waals surface area (Å²) in [7, 11) is 0. The molecule has 0 aromatic carbocycles. The van der Waals surface area contributed by atoms with Crippen molar-refractivity contribution in [3.8, 4) is 0 Å². The summed E-state index contributed by atoms with van der Waals surface area (Å²) in [5.41, 5.74) is 2.56. The van der Waals surface area contributed by atoms with E-state index in [9.17, 15) is 0 Å². The Morgan fingerprint density at radius 2 is 1.65 bits per heavy atom. The molecule has 0 unspecified atom stereocenters. The lowest BCUT2D eigenvalue weighted by atomic mass is 10.1. The maximum Gasteiger partial charge on any atom is 0 e. The molecule has 0 bridgehead atoms. The van der Waals surface area contributed by atoms with Gasteiger partial charge >= 0.3 is 0 Å². The Morgan fingerprint density at radius 1 is 0.941 bits per heavy atom. The smallest absolute Gasteiger partial charge is 0 e. The first-order chi connectivity index (χ1) is 8.41. The zero-order chi connectivity index (χ0) is 12.6. The lowest BCUT2D eigenvalue weighted by Gasteiger charge is -1.95. The van der Waals surface area contributed by atoms with Gasteiger partial charge in [0.05, 0.1) is 0 Å². The summed E-state index contributed by atoms with van der Waals surface area (Å²) in [6.45, 7) is 7.19. The van der Waals surface area contributed by atoms with E-state index in [-0.39, 0.29) is 1.43 Å². The number of hydrogen-bond donors (Lipinski definition) is 0. The van der Waals surface area contributed by atoms with Gasteiger partial charge in [0.25, 0.3) is 0 Å². The lowest BCUT2D eigenvalue weighted by molar-refractivity contribution is 0.652. The number of allylic oxidation sites excluding steroid dienone is 7. The van der Waals surface area contributed by atoms with E-state index in [1.807, 2.05) is 13.0 Å². The third-order valence-corrected chi connectivity index (χ3v) is 2.48. The average molecular weight is 230 g/mol. The second-order valence-electron chi connectivity index (χ2n) is 4.02. The van der Waals surface area contributed by atoms with E-state index in [1.165, 1.54) is 32.1 Å². The zero-order valence-electron chi connectivity index (χ0n) is 12.1. The molecule has 94 valence electrons. The van der Waals surface area contributed by atoms with Crippen LogP contribution in [0.15, 0.2) is 48.3 Å². The van der Waals surface area contributed by atoms with Crippen molar-refractivity contribution < 1.29 is 1.43 Å². The second kappa shape index (κ2) is 14.7. The number of hydrogen-bond acceptors (Lipinski definition) is 0. The van der Waals surface area contributed by atoms with E-state index in [0.717, 1.165) is 12.8 Å². The molecular weight excluding hydrogens is 204 g/mol. The van der Waals surface area contributed by atoms with Crippen LogP contribution in [0, 0.1) is 6.58 Å². The molecule has 0 aliphatic rings. The average Bonchev–Trinajstić information content (AvgIpc) is 2.35. The molecule has 0 aromatic heterocycles. The predicted octanol–water partition coefficient (Wildman–Crippen LogP) is 5.66. The minimum atomic E-state index is 0. The van der Waals surface area contributed by atoms with E-state index in [0.29, 0.717) is 0 Å². The first-order valence-electron chi connectivity index (χ1n) is 6.62. The summed E-state index contributed by atoms with van der Waals surface area (Å²) in [6.07, 6.45) is 23.3. The molecule has 0 heteroatoms. The van der Waals surface area contributed by atoms with Gasteiger partial charge in [-0.25, -0.2) is 0 Å². The maximum absolute atomic E-state index is 5.14. The highest BCUT2D eigenvalue weighted by Gasteiger charge is 1.86. The minimum Gasteiger partial charge on any atom is -0.125 e. The van der Waals surface area contributed by atoms with Crippen LogP contribution in [0.5, 0.6) is 0 Å². The zero-order valence-corrected chi connectivity index (χ0v) is 11.1. The normalized spacial score (nSPS) is 11.6. The van der Waals surface area contributed by atoms with Crippen molar-refractivity contribution in [2.45, 2.75) is 51.9 Å². The first-order valence-corrected chi connectivity index (χ1v) is 6.62. The third-order valence-electron chi connectivity index (χ3n) is 2.48. The Morgan fingerprint density at radius 3 is 2.35 bits per heavy atom. The molecule has 0 saturated heterocycles. The van der Waals surface area contributed by atoms with E-state index in [2.05, 4.69) is 42.2 Å². The number of unbranched alkanes of at least 4 members (excludes halogenated alkanes) is 5. The van der Waals surface area contributed by atoms with Crippen LogP contribution in [0.4, 0.5) is 0 Å². The van der Waals surface area contributed by atoms with Crippen molar-refractivity contribution in [2.24, 2.45) is 0 Å². The van der Waals surface area contributed by atoms with Crippen molar-refractivity contribution in [2.75, 3.05) is 0 Å². The molecule has 0 spiro atoms. The Balaban J connectivity index is 0. The summed E-state index contributed by atoms with van der Waals surface area (Å²) in [6, 6.07) is 0. The van der Waals surface area contributed by atoms with Crippen LogP contribution >= 0.6 is 0 Å². The van der Waals surface area contributed by atoms with Crippen molar-refractivity contribution in [3.05, 3.63) is 54.8 Å². The SMILES string of the molecule is [CH]=C=CCCCCCC/C=C/C=C\C/C=C\C.[H]. The Kier molecular flexibility index (Phi) is 13.6. The predicted molar refractivity (Wildman–Crippen MR) is 78.9 cm³/mol. The van der Waals surface area contributed by atoms with Crippen LogP contribution in [0.1, 0.15) is 53.3 Å². The Hall–Kier alpha value is -1.26. The first kappa shape index (κ1) is 15.7. The largest absolute Gasteiger partial charge is 0.125 e. The van der Waals surface area contributed by atoms with E-state index in [1.54, 1.807) is 0 Å². The van der Waals surface area contributed by atoms with Gasteiger partial charge in [0.1, 0.15) is 0 Å². The standard InChI is InChI=1S/C17H25.H/c1-3-5-7-9-11-13-15-17-16-14-12-10-8-6-4-2;/h1,4-6,10,12,14,16H,7-9,11,13,15,17H2,2H3;/b6-4-,12-10-,16-14+;. The van der Waals surface area contributed by atoms with E-state index in [4.69, 9.17) is 6.58 Å². The molecule has 0 aromatic rings. The van der Waals surface area contributed by atoms with Crippen molar-refractivity contribution in [3.63, 3.8) is 0 Å². The van der Waals surface area contributed by atoms with E-state index < -0.39 is 0 Å². The van der Waals surface area contributed by atoms with Gasteiger partial charge in [0.15, 0.2) is 0 Å². The quantitative estimate of drug-likeness (QED) is 0.196. The monoisotopic (exact) mass is 230 g/mol. The van der Waals surface area contributed by atoms with Crippen molar-refractivity contribution in [1.82, 2.24) is 0 Å². The van der Waals surface area contributed by atoms with Crippen LogP contribution < -0.4 is 0 Å². The van der Waals surface area contributed by atoms with Gasteiger partial charge in [-0.3, -0.25) is 0 Å². The highest BCUT2D eigenvalue weighted by atomic mass is 13.9. The molecule has 0 rings (SSSR count). The minimum absolute atomic E-state index is 0. The van der Waals surface area contributed by atoms with Gasteiger partial charge in [-0.05, 0) is 51.7 Å². The third kappa shape index (κ3) is 14.7. The van der Waals surface area contributed by atoms with Gasteiger partial charge in [-0.2, -0.15) is 0 Å². The molecule has 0 fully saturated rings. The fourth-order valence-corrected chi connectivity index (χ4v) is 1.49. The molecule has 0 aliphatic carbocycles. The van der Waals surface area contributed by atoms with Gasteiger partial charge in [0.2, 0.25) is 0 Å². The fraction of sp³-hybridized carbons (Fsp3) is 0.471. The fourth-order valence-electron chi connectivity index (χ4n) is 1.49. The molecule has 0 nitrogen and oxygen atoms in total. The highest BCUT2D eigenvalue weighted by molar-refractivity contribution is 5.04. The molecule has 0 saturated carbocycles. The molecular formula is C17H26. The second-order valence-corrected chi connectivity index (χ2v) is 4.02. The summed E-state index contributed by atoms with van der Waals surface area (Å²) >= 11 is 0. The topological polar surface area (TPSA) is 0 Å². The lowest BCUT2D eigenvalue weighted by Crippen LogP contribution is -1.76. The van der Waals surface area contributed by atoms with Crippen LogP contribution in [0.25, 0.3) is 0 Å².